The van der Waals surface area contributed by atoms with E-state index in [4.69, 9.17) is 4.74 Å². The highest BCUT2D eigenvalue weighted by atomic mass is 16.5. The highest BCUT2D eigenvalue weighted by molar-refractivity contribution is 5.44. The first-order chi connectivity index (χ1) is 10.2. The molecule has 0 amide bonds. The molecule has 0 atom stereocenters. The lowest BCUT2D eigenvalue weighted by Crippen LogP contribution is -2.07. The number of pyridine rings is 1. The van der Waals surface area contributed by atoms with E-state index in [0.29, 0.717) is 12.5 Å². The van der Waals surface area contributed by atoms with E-state index in [1.54, 1.807) is 0 Å². The van der Waals surface area contributed by atoms with Crippen LogP contribution in [0.25, 0.3) is 0 Å². The molecule has 0 unspecified atom stereocenters. The maximum absolute atomic E-state index is 6.03. The first kappa shape index (κ1) is 15.4. The summed E-state index contributed by atoms with van der Waals surface area (Å²) in [7, 11) is 0. The number of hydrogen-bond donors (Lipinski definition) is 1. The van der Waals surface area contributed by atoms with Crippen molar-refractivity contribution in [3.8, 4) is 5.75 Å². The second kappa shape index (κ2) is 7.67. The van der Waals surface area contributed by atoms with Crippen LogP contribution in [0.4, 0.5) is 5.82 Å². The lowest BCUT2D eigenvalue weighted by Gasteiger charge is -2.15. The quantitative estimate of drug-likeness (QED) is 0.806. The first-order valence-corrected chi connectivity index (χ1v) is 7.61. The molecule has 1 aromatic heterocycles. The van der Waals surface area contributed by atoms with Crippen LogP contribution >= 0.6 is 0 Å². The van der Waals surface area contributed by atoms with Crippen molar-refractivity contribution in [3.63, 3.8) is 0 Å². The molecule has 3 heteroatoms. The molecule has 0 radical (unpaired) electrons. The van der Waals surface area contributed by atoms with Crippen LogP contribution in [0.3, 0.4) is 0 Å². The molecule has 0 saturated heterocycles. The van der Waals surface area contributed by atoms with Crippen LogP contribution in [0.1, 0.15) is 44.2 Å². The molecule has 3 nitrogen and oxygen atoms in total. The normalized spacial score (nSPS) is 10.7. The van der Waals surface area contributed by atoms with E-state index in [1.165, 1.54) is 5.56 Å². The number of nitrogens with one attached hydrogen (secondary N) is 1. The van der Waals surface area contributed by atoms with Gasteiger partial charge in [-0.3, -0.25) is 0 Å². The molecule has 0 aliphatic rings. The Balaban J connectivity index is 2.10. The van der Waals surface area contributed by atoms with Gasteiger partial charge in [-0.1, -0.05) is 45.0 Å². The number of aromatic nitrogens is 1. The van der Waals surface area contributed by atoms with Gasteiger partial charge < -0.3 is 10.1 Å². The molecule has 1 N–H and O–H groups in total. The summed E-state index contributed by atoms with van der Waals surface area (Å²) in [5.41, 5.74) is 2.33. The molecule has 2 aromatic rings. The number of nitrogens with zero attached hydrogens (tertiary/aromatic N) is 1. The second-order valence-corrected chi connectivity index (χ2v) is 5.42. The molecule has 21 heavy (non-hydrogen) atoms. The minimum Gasteiger partial charge on any atom is -0.488 e. The number of para-hydroxylation sites is 1. The SMILES string of the molecule is CCCNc1ncccc1COc1ccccc1C(C)C. The monoisotopic (exact) mass is 284 g/mol. The molecule has 0 fully saturated rings. The van der Waals surface area contributed by atoms with E-state index in [-0.39, 0.29) is 0 Å². The minimum absolute atomic E-state index is 0.452. The van der Waals surface area contributed by atoms with Crippen molar-refractivity contribution in [2.75, 3.05) is 11.9 Å². The molecule has 0 saturated carbocycles. The Kier molecular flexibility index (Phi) is 5.61. The minimum atomic E-state index is 0.452. The number of benzene rings is 1. The Morgan fingerprint density at radius 1 is 1.14 bits per heavy atom. The molecule has 2 rings (SSSR count). The fourth-order valence-corrected chi connectivity index (χ4v) is 2.20. The maximum atomic E-state index is 6.03. The molecule has 0 bridgehead atoms. The largest absolute Gasteiger partial charge is 0.488 e. The summed E-state index contributed by atoms with van der Waals surface area (Å²) in [6, 6.07) is 12.2. The summed E-state index contributed by atoms with van der Waals surface area (Å²) in [5.74, 6) is 2.33. The number of hydrogen-bond acceptors (Lipinski definition) is 3. The summed E-state index contributed by atoms with van der Waals surface area (Å²) < 4.78 is 6.03. The third kappa shape index (κ3) is 4.22. The zero-order valence-corrected chi connectivity index (χ0v) is 13.1. The van der Waals surface area contributed by atoms with Crippen LogP contribution in [0, 0.1) is 0 Å². The fourth-order valence-electron chi connectivity index (χ4n) is 2.20. The predicted molar refractivity (Wildman–Crippen MR) is 87.9 cm³/mol. The van der Waals surface area contributed by atoms with E-state index in [9.17, 15) is 0 Å². The van der Waals surface area contributed by atoms with Crippen molar-refractivity contribution in [1.82, 2.24) is 4.98 Å². The van der Waals surface area contributed by atoms with Crippen molar-refractivity contribution in [2.24, 2.45) is 0 Å². The number of ether oxygens (including phenoxy) is 1. The van der Waals surface area contributed by atoms with Crippen molar-refractivity contribution < 1.29 is 4.74 Å². The highest BCUT2D eigenvalue weighted by Gasteiger charge is 2.08. The average Bonchev–Trinajstić information content (AvgIpc) is 2.52. The number of anilines is 1. The van der Waals surface area contributed by atoms with Crippen LogP contribution in [0.15, 0.2) is 42.6 Å². The smallest absolute Gasteiger partial charge is 0.132 e. The summed E-state index contributed by atoms with van der Waals surface area (Å²) in [6.07, 6.45) is 2.89. The summed E-state index contributed by atoms with van der Waals surface area (Å²) in [4.78, 5) is 4.39. The summed E-state index contributed by atoms with van der Waals surface area (Å²) in [5, 5.41) is 3.35. The van der Waals surface area contributed by atoms with Gasteiger partial charge in [0.25, 0.3) is 0 Å². The molecular weight excluding hydrogens is 260 g/mol. The molecule has 0 aliphatic heterocycles. The fraction of sp³-hybridized carbons (Fsp3) is 0.389. The van der Waals surface area contributed by atoms with Gasteiger partial charge in [-0.25, -0.2) is 4.98 Å². The highest BCUT2D eigenvalue weighted by Crippen LogP contribution is 2.27. The van der Waals surface area contributed by atoms with E-state index in [2.05, 4.69) is 49.3 Å². The van der Waals surface area contributed by atoms with Gasteiger partial charge in [0, 0.05) is 18.3 Å². The van der Waals surface area contributed by atoms with Crippen LogP contribution < -0.4 is 10.1 Å². The van der Waals surface area contributed by atoms with Crippen molar-refractivity contribution in [1.29, 1.82) is 0 Å². The summed E-state index contributed by atoms with van der Waals surface area (Å²) >= 11 is 0. The Bertz CT molecular complexity index is 567. The van der Waals surface area contributed by atoms with Gasteiger partial charge in [0.2, 0.25) is 0 Å². The Hall–Kier alpha value is -2.03. The van der Waals surface area contributed by atoms with Gasteiger partial charge in [-0.2, -0.15) is 0 Å². The van der Waals surface area contributed by atoms with E-state index in [0.717, 1.165) is 30.1 Å². The standard InChI is InChI=1S/C18H24N2O/c1-4-11-19-18-15(8-7-12-20-18)13-21-17-10-6-5-9-16(17)14(2)3/h5-10,12,14H,4,11,13H2,1-3H3,(H,19,20). The van der Waals surface area contributed by atoms with Gasteiger partial charge in [-0.05, 0) is 30.0 Å². The van der Waals surface area contributed by atoms with Gasteiger partial charge >= 0.3 is 0 Å². The molecule has 1 heterocycles. The molecule has 0 spiro atoms. The Morgan fingerprint density at radius 2 is 1.95 bits per heavy atom. The third-order valence-electron chi connectivity index (χ3n) is 3.36. The molecular formula is C18H24N2O. The van der Waals surface area contributed by atoms with Crippen LogP contribution in [0.5, 0.6) is 5.75 Å². The topological polar surface area (TPSA) is 34.2 Å². The Labute approximate surface area is 127 Å². The van der Waals surface area contributed by atoms with E-state index >= 15 is 0 Å². The van der Waals surface area contributed by atoms with Gasteiger partial charge in [0.05, 0.1) is 0 Å². The van der Waals surface area contributed by atoms with Crippen molar-refractivity contribution in [2.45, 2.75) is 39.7 Å². The maximum Gasteiger partial charge on any atom is 0.132 e. The average molecular weight is 284 g/mol. The second-order valence-electron chi connectivity index (χ2n) is 5.42. The third-order valence-corrected chi connectivity index (χ3v) is 3.36. The predicted octanol–water partition coefficient (Wildman–Crippen LogP) is 4.61. The van der Waals surface area contributed by atoms with Gasteiger partial charge in [0.1, 0.15) is 18.2 Å². The first-order valence-electron chi connectivity index (χ1n) is 7.61. The van der Waals surface area contributed by atoms with Crippen LogP contribution in [-0.2, 0) is 6.61 Å². The lowest BCUT2D eigenvalue weighted by molar-refractivity contribution is 0.302. The van der Waals surface area contributed by atoms with Gasteiger partial charge in [-0.15, -0.1) is 0 Å². The summed E-state index contributed by atoms with van der Waals surface area (Å²) in [6.45, 7) is 7.96. The molecule has 1 aromatic carbocycles. The van der Waals surface area contributed by atoms with Crippen molar-refractivity contribution in [3.05, 3.63) is 53.7 Å². The van der Waals surface area contributed by atoms with E-state index < -0.39 is 0 Å². The van der Waals surface area contributed by atoms with Crippen LogP contribution in [0.2, 0.25) is 0 Å². The van der Waals surface area contributed by atoms with E-state index in [1.807, 2.05) is 24.4 Å². The van der Waals surface area contributed by atoms with Crippen LogP contribution in [-0.4, -0.2) is 11.5 Å². The van der Waals surface area contributed by atoms with Crippen molar-refractivity contribution >= 4 is 5.82 Å². The number of rotatable bonds is 7. The zero-order chi connectivity index (χ0) is 15.1. The molecule has 0 aliphatic carbocycles. The lowest BCUT2D eigenvalue weighted by atomic mass is 10.0. The zero-order valence-electron chi connectivity index (χ0n) is 13.1. The Morgan fingerprint density at radius 3 is 2.71 bits per heavy atom. The molecule has 112 valence electrons. The van der Waals surface area contributed by atoms with Gasteiger partial charge in [0.15, 0.2) is 0 Å².